The summed E-state index contributed by atoms with van der Waals surface area (Å²) in [6.45, 7) is 2.19. The van der Waals surface area contributed by atoms with E-state index in [1.54, 1.807) is 0 Å². The first-order valence-electron chi connectivity index (χ1n) is 15.3. The third kappa shape index (κ3) is 7.17. The van der Waals surface area contributed by atoms with Crippen LogP contribution >= 0.6 is 0 Å². The van der Waals surface area contributed by atoms with Gasteiger partial charge < -0.3 is 0 Å². The molecule has 0 nitrogen and oxygen atoms in total. The predicted molar refractivity (Wildman–Crippen MR) is 168 cm³/mol. The maximum absolute atomic E-state index is 15.4. The Kier molecular flexibility index (Phi) is 13.0. The van der Waals surface area contributed by atoms with Crippen LogP contribution in [0.1, 0.15) is 18.1 Å². The van der Waals surface area contributed by atoms with Crippen molar-refractivity contribution in [2.24, 2.45) is 0 Å². The molecule has 0 aliphatic rings. The van der Waals surface area contributed by atoms with E-state index < -0.39 is 144 Å². The summed E-state index contributed by atoms with van der Waals surface area (Å²) >= 11 is 0. The zero-order valence-corrected chi connectivity index (χ0v) is 29.1. The average molecular weight is 860 g/mol. The molecule has 0 bridgehead atoms. The van der Waals surface area contributed by atoms with Crippen molar-refractivity contribution in [2.45, 2.75) is 19.1 Å². The quantitative estimate of drug-likeness (QED) is 0.0507. The molecule has 0 saturated heterocycles. The van der Waals surface area contributed by atoms with Gasteiger partial charge in [0.25, 0.3) is 0 Å². The summed E-state index contributed by atoms with van der Waals surface area (Å²) in [5.74, 6) is -70.2. The second kappa shape index (κ2) is 16.5. The molecule has 0 aliphatic carbocycles. The van der Waals surface area contributed by atoms with Gasteiger partial charge in [0.2, 0.25) is 0 Å². The number of hydrogen-bond donors (Lipinski definition) is 0. The molecule has 0 fully saturated rings. The Hall–Kier alpha value is -4.89. The van der Waals surface area contributed by atoms with Gasteiger partial charge in [-0.1, -0.05) is 31.2 Å². The summed E-state index contributed by atoms with van der Waals surface area (Å²) in [4.78, 5) is 0. The molecule has 0 aromatic heterocycles. The summed E-state index contributed by atoms with van der Waals surface area (Å²) in [5.41, 5.74) is -11.4. The van der Waals surface area contributed by atoms with Crippen LogP contribution in [0.25, 0.3) is 0 Å². The molecule has 0 unspecified atom stereocenters. The molecular weight excluding hydrogens is 843 g/mol. The Morgan fingerprint density at radius 1 is 0.316 bits per heavy atom. The van der Waals surface area contributed by atoms with Crippen LogP contribution in [0.3, 0.4) is 0 Å². The lowest BCUT2D eigenvalue weighted by molar-refractivity contribution is 0.378. The van der Waals surface area contributed by atoms with Gasteiger partial charge in [-0.05, 0) is 22.9 Å². The molecule has 0 radical (unpaired) electrons. The lowest BCUT2D eigenvalue weighted by Crippen LogP contribution is -2.81. The summed E-state index contributed by atoms with van der Waals surface area (Å²) in [6.07, 6.45) is -1.50. The van der Waals surface area contributed by atoms with Crippen molar-refractivity contribution in [1.29, 1.82) is 0 Å². The molecule has 5 aromatic carbocycles. The van der Waals surface area contributed by atoms with Gasteiger partial charge in [0.05, 0.1) is 12.5 Å². The van der Waals surface area contributed by atoms with Crippen LogP contribution in [0.2, 0.25) is 0 Å². The standard InChI is InChI=1S/C24BF20.C11H17S/c26-5-1(6(27)14(35)21(42)13(5)34)25(2-7(28)15(36)22(43)16(37)8(2)29,3-9(30)17(38)23(44)18(39)10(3)31)4-11(32)19(40)24(45)20(41)12(4)33;1-4-10-5-7-11(8-6-10)9-12(2)3/h;5-8H,4,9H2,1-3H3/q-1;+1. The van der Waals surface area contributed by atoms with E-state index in [0.29, 0.717) is 10.9 Å². The first-order chi connectivity index (χ1) is 26.4. The number of aryl methyl sites for hydroxylation is 1. The number of halogens is 20. The third-order valence-electron chi connectivity index (χ3n) is 8.59. The minimum atomic E-state index is -7.22. The minimum Gasteiger partial charge on any atom is -0.207 e. The van der Waals surface area contributed by atoms with Crippen LogP contribution in [0.5, 0.6) is 0 Å². The molecule has 5 rings (SSSR count). The highest BCUT2D eigenvalue weighted by molar-refractivity contribution is 7.94. The van der Waals surface area contributed by atoms with E-state index in [2.05, 4.69) is 43.7 Å². The average Bonchev–Trinajstić information content (AvgIpc) is 3.18. The molecule has 5 aromatic rings. The van der Waals surface area contributed by atoms with Gasteiger partial charge in [0.15, 0.2) is 69.8 Å². The van der Waals surface area contributed by atoms with Crippen LogP contribution < -0.4 is 21.9 Å². The Balaban J connectivity index is 0.000000512. The fraction of sp³-hybridized carbons (Fsp3) is 0.143. The molecule has 306 valence electrons. The molecule has 22 heteroatoms. The summed E-state index contributed by atoms with van der Waals surface area (Å²) in [6, 6.07) is 8.99. The SMILES string of the molecule is CCc1ccc(C[S+](C)C)cc1.Fc1c(F)c(F)c([B-](c2c(F)c(F)c(F)c(F)c2F)(c2c(F)c(F)c(F)c(F)c2F)c2c(F)c(F)c(F)c(F)c2F)c(F)c1F. The zero-order chi connectivity index (χ0) is 43.3. The second-order valence-corrected chi connectivity index (χ2v) is 14.4. The topological polar surface area (TPSA) is 0 Å². The number of rotatable bonds is 7. The van der Waals surface area contributed by atoms with Crippen molar-refractivity contribution < 1.29 is 87.8 Å². The number of benzene rings is 5. The summed E-state index contributed by atoms with van der Waals surface area (Å²) < 4.78 is 294. The Bertz CT molecular complexity index is 2020. The minimum absolute atomic E-state index is 0.525. The molecule has 0 N–H and O–H groups in total. The zero-order valence-electron chi connectivity index (χ0n) is 28.3. The van der Waals surface area contributed by atoms with Gasteiger partial charge in [-0.3, -0.25) is 0 Å². The second-order valence-electron chi connectivity index (χ2n) is 12.1. The maximum atomic E-state index is 15.4. The van der Waals surface area contributed by atoms with Crippen molar-refractivity contribution in [2.75, 3.05) is 12.5 Å². The van der Waals surface area contributed by atoms with Crippen molar-refractivity contribution in [3.05, 3.63) is 152 Å². The highest BCUT2D eigenvalue weighted by Crippen LogP contribution is 2.30. The number of hydrogen-bond acceptors (Lipinski definition) is 0. The van der Waals surface area contributed by atoms with Gasteiger partial charge >= 0.3 is 0 Å². The van der Waals surface area contributed by atoms with Crippen molar-refractivity contribution in [1.82, 2.24) is 0 Å². The normalized spacial score (nSPS) is 11.7. The lowest BCUT2D eigenvalue weighted by Gasteiger charge is -2.44. The van der Waals surface area contributed by atoms with Crippen molar-refractivity contribution >= 4 is 38.9 Å². The van der Waals surface area contributed by atoms with E-state index in [1.165, 1.54) is 16.9 Å². The van der Waals surface area contributed by atoms with Crippen LogP contribution in [0.15, 0.2) is 24.3 Å². The van der Waals surface area contributed by atoms with Crippen molar-refractivity contribution in [3.8, 4) is 0 Å². The van der Waals surface area contributed by atoms with E-state index >= 15 is 35.1 Å². The van der Waals surface area contributed by atoms with E-state index in [4.69, 9.17) is 0 Å². The van der Waals surface area contributed by atoms with Gasteiger partial charge in [-0.15, -0.1) is 21.9 Å². The van der Waals surface area contributed by atoms with E-state index in [1.807, 2.05) is 0 Å². The van der Waals surface area contributed by atoms with Crippen molar-refractivity contribution in [3.63, 3.8) is 0 Å². The first kappa shape index (κ1) is 44.8. The van der Waals surface area contributed by atoms with Gasteiger partial charge in [0.1, 0.15) is 58.4 Å². The maximum Gasteiger partial charge on any atom is 0.200 e. The van der Waals surface area contributed by atoms with Crippen LogP contribution in [0, 0.1) is 116 Å². The Labute approximate surface area is 310 Å². The highest BCUT2D eigenvalue weighted by Gasteiger charge is 2.52. The van der Waals surface area contributed by atoms with Crippen LogP contribution in [-0.4, -0.2) is 18.7 Å². The Morgan fingerprint density at radius 2 is 0.491 bits per heavy atom. The largest absolute Gasteiger partial charge is 0.207 e. The van der Waals surface area contributed by atoms with Gasteiger partial charge in [-0.2, -0.15) is 0 Å². The molecular formula is C35H17BF20S. The van der Waals surface area contributed by atoms with Crippen LogP contribution in [0.4, 0.5) is 87.8 Å². The summed E-state index contributed by atoms with van der Waals surface area (Å²) in [7, 11) is 0.525. The Morgan fingerprint density at radius 3 is 0.667 bits per heavy atom. The first-order valence-corrected chi connectivity index (χ1v) is 17.5. The van der Waals surface area contributed by atoms with Gasteiger partial charge in [-0.25, -0.2) is 87.8 Å². The summed E-state index contributed by atoms with van der Waals surface area (Å²) in [5, 5.41) is 0. The molecule has 0 atom stereocenters. The fourth-order valence-corrected chi connectivity index (χ4v) is 6.94. The van der Waals surface area contributed by atoms with E-state index in [0.717, 1.165) is 6.42 Å². The smallest absolute Gasteiger partial charge is 0.200 e. The molecule has 0 spiro atoms. The molecule has 0 heterocycles. The molecule has 0 amide bonds. The fourth-order valence-electron chi connectivity index (χ4n) is 6.08. The molecule has 57 heavy (non-hydrogen) atoms. The highest BCUT2D eigenvalue weighted by atomic mass is 32.2. The van der Waals surface area contributed by atoms with Gasteiger partial charge in [0, 0.05) is 5.56 Å². The monoisotopic (exact) mass is 860 g/mol. The predicted octanol–water partition coefficient (Wildman–Crippen LogP) is 8.47. The van der Waals surface area contributed by atoms with E-state index in [-0.39, 0.29) is 0 Å². The van der Waals surface area contributed by atoms with E-state index in [9.17, 15) is 52.7 Å². The third-order valence-corrected chi connectivity index (χ3v) is 9.50. The molecule has 0 saturated carbocycles. The lowest BCUT2D eigenvalue weighted by atomic mass is 9.12. The van der Waals surface area contributed by atoms with Crippen LogP contribution in [-0.2, 0) is 23.1 Å². The molecule has 0 aliphatic heterocycles.